The zero-order valence-corrected chi connectivity index (χ0v) is 20.4. The zero-order valence-electron chi connectivity index (χ0n) is 19.6. The van der Waals surface area contributed by atoms with Crippen molar-refractivity contribution in [2.75, 3.05) is 23.4 Å². The van der Waals surface area contributed by atoms with Crippen LogP contribution in [0.25, 0.3) is 11.3 Å². The first-order chi connectivity index (χ1) is 17.0. The van der Waals surface area contributed by atoms with Gasteiger partial charge in [-0.1, -0.05) is 42.5 Å². The lowest BCUT2D eigenvalue weighted by atomic mass is 10.1. The largest absolute Gasteiger partial charge is 0.482 e. The van der Waals surface area contributed by atoms with Crippen molar-refractivity contribution in [3.05, 3.63) is 93.8 Å². The second kappa shape index (κ2) is 9.72. The number of carbonyl (C=O) groups excluding carboxylic acids is 2. The molecular formula is C28H25N3O3S. The number of aryl methyl sites for hydroxylation is 1. The fourth-order valence-corrected chi connectivity index (χ4v) is 4.89. The van der Waals surface area contributed by atoms with Gasteiger partial charge in [0.1, 0.15) is 12.3 Å². The molecule has 1 aromatic heterocycles. The lowest BCUT2D eigenvalue weighted by Gasteiger charge is -2.29. The highest BCUT2D eigenvalue weighted by molar-refractivity contribution is 7.10. The molecule has 1 aliphatic rings. The Morgan fingerprint density at radius 3 is 2.74 bits per heavy atom. The lowest BCUT2D eigenvalue weighted by Crippen LogP contribution is -2.43. The molecule has 35 heavy (non-hydrogen) atoms. The highest BCUT2D eigenvalue weighted by atomic mass is 32.1. The van der Waals surface area contributed by atoms with Crippen LogP contribution in [0.1, 0.15) is 21.7 Å². The highest BCUT2D eigenvalue weighted by Gasteiger charge is 2.28. The summed E-state index contributed by atoms with van der Waals surface area (Å²) < 4.78 is 5.64. The Labute approximate surface area is 208 Å². The van der Waals surface area contributed by atoms with Gasteiger partial charge in [-0.3, -0.25) is 14.5 Å². The molecule has 2 heterocycles. The smallest absolute Gasteiger partial charge is 0.265 e. The molecule has 7 heteroatoms. The standard InChI is InChI=1S/C28H25N3O3S/c1-18-7-6-10-22(19(18)2)29-26(32)15-31-24-14-21(11-12-25(24)34-16-28(31)33)23-17-35-27(30-23)13-20-8-4-3-5-9-20/h3-12,14,17H,13,15-16H2,1-2H3,(H,29,32). The number of hydrogen-bond acceptors (Lipinski definition) is 5. The summed E-state index contributed by atoms with van der Waals surface area (Å²) in [6, 6.07) is 21.6. The fourth-order valence-electron chi connectivity index (χ4n) is 4.05. The molecule has 0 aliphatic carbocycles. The molecule has 0 fully saturated rings. The summed E-state index contributed by atoms with van der Waals surface area (Å²) in [7, 11) is 0. The number of ether oxygens (including phenoxy) is 1. The molecule has 1 N–H and O–H groups in total. The number of amides is 2. The van der Waals surface area contributed by atoms with Crippen molar-refractivity contribution in [1.29, 1.82) is 0 Å². The van der Waals surface area contributed by atoms with E-state index in [-0.39, 0.29) is 25.0 Å². The van der Waals surface area contributed by atoms with Crippen LogP contribution < -0.4 is 15.0 Å². The zero-order chi connectivity index (χ0) is 24.4. The van der Waals surface area contributed by atoms with Gasteiger partial charge in [-0.05, 0) is 54.8 Å². The van der Waals surface area contributed by atoms with Crippen molar-refractivity contribution in [3.63, 3.8) is 0 Å². The minimum Gasteiger partial charge on any atom is -0.482 e. The number of hydrogen-bond donors (Lipinski definition) is 1. The van der Waals surface area contributed by atoms with E-state index >= 15 is 0 Å². The average molecular weight is 484 g/mol. The number of carbonyl (C=O) groups is 2. The van der Waals surface area contributed by atoms with Gasteiger partial charge in [-0.25, -0.2) is 4.98 Å². The molecule has 0 atom stereocenters. The van der Waals surface area contributed by atoms with Crippen LogP contribution in [-0.2, 0) is 16.0 Å². The molecular weight excluding hydrogens is 458 g/mol. The van der Waals surface area contributed by atoms with E-state index in [4.69, 9.17) is 9.72 Å². The number of rotatable bonds is 6. The van der Waals surface area contributed by atoms with Crippen molar-refractivity contribution in [3.8, 4) is 17.0 Å². The summed E-state index contributed by atoms with van der Waals surface area (Å²) in [5.74, 6) is 0.0607. The van der Waals surface area contributed by atoms with Gasteiger partial charge in [0.05, 0.1) is 16.4 Å². The minimum absolute atomic E-state index is 0.0949. The summed E-state index contributed by atoms with van der Waals surface area (Å²) in [6.07, 6.45) is 0.767. The highest BCUT2D eigenvalue weighted by Crippen LogP contribution is 2.36. The Morgan fingerprint density at radius 2 is 1.91 bits per heavy atom. The molecule has 3 aromatic carbocycles. The van der Waals surface area contributed by atoms with Crippen molar-refractivity contribution in [2.24, 2.45) is 0 Å². The molecule has 0 unspecified atom stereocenters. The third kappa shape index (κ3) is 4.95. The number of nitrogens with zero attached hydrogens (tertiary/aromatic N) is 2. The monoisotopic (exact) mass is 483 g/mol. The first-order valence-corrected chi connectivity index (χ1v) is 12.3. The number of aromatic nitrogens is 1. The Balaban J connectivity index is 1.37. The molecule has 5 rings (SSSR count). The molecule has 0 radical (unpaired) electrons. The topological polar surface area (TPSA) is 71.5 Å². The van der Waals surface area contributed by atoms with Gasteiger partial charge in [0.2, 0.25) is 5.91 Å². The maximum Gasteiger partial charge on any atom is 0.265 e. The second-order valence-corrected chi connectivity index (χ2v) is 9.48. The number of benzene rings is 3. The molecule has 1 aliphatic heterocycles. The van der Waals surface area contributed by atoms with E-state index in [1.807, 2.05) is 73.8 Å². The predicted molar refractivity (Wildman–Crippen MR) is 139 cm³/mol. The Bertz CT molecular complexity index is 1400. The van der Waals surface area contributed by atoms with Gasteiger partial charge in [0.15, 0.2) is 6.61 Å². The third-order valence-corrected chi connectivity index (χ3v) is 6.98. The molecule has 6 nitrogen and oxygen atoms in total. The second-order valence-electron chi connectivity index (χ2n) is 8.54. The summed E-state index contributed by atoms with van der Waals surface area (Å²) >= 11 is 1.61. The van der Waals surface area contributed by atoms with Crippen LogP contribution in [0.3, 0.4) is 0 Å². The van der Waals surface area contributed by atoms with Gasteiger partial charge < -0.3 is 10.1 Å². The molecule has 0 bridgehead atoms. The van der Waals surface area contributed by atoms with E-state index in [9.17, 15) is 9.59 Å². The van der Waals surface area contributed by atoms with Gasteiger partial charge >= 0.3 is 0 Å². The summed E-state index contributed by atoms with van der Waals surface area (Å²) in [4.78, 5) is 31.9. The Hall–Kier alpha value is -3.97. The number of nitrogens with one attached hydrogen (secondary N) is 1. The molecule has 4 aromatic rings. The van der Waals surface area contributed by atoms with Gasteiger partial charge in [-0.15, -0.1) is 11.3 Å². The van der Waals surface area contributed by atoms with Crippen molar-refractivity contribution in [2.45, 2.75) is 20.3 Å². The molecule has 0 spiro atoms. The van der Waals surface area contributed by atoms with Crippen LogP contribution in [0.5, 0.6) is 5.75 Å². The first-order valence-electron chi connectivity index (χ1n) is 11.4. The van der Waals surface area contributed by atoms with Crippen LogP contribution in [0, 0.1) is 13.8 Å². The predicted octanol–water partition coefficient (Wildman–Crippen LogP) is 5.38. The molecule has 2 amide bonds. The quantitative estimate of drug-likeness (QED) is 0.400. The lowest BCUT2D eigenvalue weighted by molar-refractivity contribution is -0.123. The first kappa shape index (κ1) is 22.8. The van der Waals surface area contributed by atoms with E-state index in [1.165, 1.54) is 10.5 Å². The van der Waals surface area contributed by atoms with Crippen LogP contribution in [0.4, 0.5) is 11.4 Å². The van der Waals surface area contributed by atoms with Gasteiger partial charge in [-0.2, -0.15) is 0 Å². The number of fused-ring (bicyclic) bond motifs is 1. The maximum absolute atomic E-state index is 12.9. The van der Waals surface area contributed by atoms with E-state index in [1.54, 1.807) is 11.3 Å². The SMILES string of the molecule is Cc1cccc(NC(=O)CN2C(=O)COc3ccc(-c4csc(Cc5ccccc5)n4)cc32)c1C. The summed E-state index contributed by atoms with van der Waals surface area (Å²) in [5.41, 5.74) is 6.34. The Kier molecular flexibility index (Phi) is 6.33. The number of anilines is 2. The van der Waals surface area contributed by atoms with E-state index in [0.717, 1.165) is 39.5 Å². The van der Waals surface area contributed by atoms with E-state index < -0.39 is 0 Å². The maximum atomic E-state index is 12.9. The van der Waals surface area contributed by atoms with Crippen molar-refractivity contribution >= 4 is 34.5 Å². The molecule has 0 saturated heterocycles. The van der Waals surface area contributed by atoms with Crippen molar-refractivity contribution in [1.82, 2.24) is 4.98 Å². The van der Waals surface area contributed by atoms with Crippen LogP contribution in [0.15, 0.2) is 72.1 Å². The van der Waals surface area contributed by atoms with E-state index in [2.05, 4.69) is 17.4 Å². The average Bonchev–Trinajstić information content (AvgIpc) is 3.32. The van der Waals surface area contributed by atoms with Gasteiger partial charge in [0.25, 0.3) is 5.91 Å². The normalized spacial score (nSPS) is 12.7. The summed E-state index contributed by atoms with van der Waals surface area (Å²) in [5, 5.41) is 5.97. The molecule has 176 valence electrons. The van der Waals surface area contributed by atoms with Gasteiger partial charge in [0, 0.05) is 23.1 Å². The third-order valence-electron chi connectivity index (χ3n) is 6.13. The minimum atomic E-state index is -0.260. The fraction of sp³-hybridized carbons (Fsp3) is 0.179. The van der Waals surface area contributed by atoms with Crippen LogP contribution in [0.2, 0.25) is 0 Å². The summed E-state index contributed by atoms with van der Waals surface area (Å²) in [6.45, 7) is 3.77. The van der Waals surface area contributed by atoms with Crippen LogP contribution >= 0.6 is 11.3 Å². The number of thiazole rings is 1. The van der Waals surface area contributed by atoms with E-state index in [0.29, 0.717) is 11.4 Å². The Morgan fingerprint density at radius 1 is 1.09 bits per heavy atom. The van der Waals surface area contributed by atoms with Crippen molar-refractivity contribution < 1.29 is 14.3 Å². The van der Waals surface area contributed by atoms with Crippen LogP contribution in [-0.4, -0.2) is 29.9 Å². The molecule has 0 saturated carbocycles.